The molecule has 1 aromatic rings. The number of rotatable bonds is 5. The van der Waals surface area contributed by atoms with E-state index in [-0.39, 0.29) is 35.2 Å². The molecule has 33 heavy (non-hydrogen) atoms. The summed E-state index contributed by atoms with van der Waals surface area (Å²) >= 11 is 0. The van der Waals surface area contributed by atoms with Crippen LogP contribution in [0.1, 0.15) is 37.8 Å². The minimum atomic E-state index is -0.667. The van der Waals surface area contributed by atoms with Crippen molar-refractivity contribution in [3.05, 3.63) is 51.3 Å². The molecule has 1 saturated carbocycles. The molecule has 0 N–H and O–H groups in total. The highest BCUT2D eigenvalue weighted by Gasteiger charge is 2.52. The summed E-state index contributed by atoms with van der Waals surface area (Å²) in [6.07, 6.45) is 2.21. The van der Waals surface area contributed by atoms with E-state index in [0.29, 0.717) is 43.4 Å². The number of ether oxygens (including phenoxy) is 2. The number of benzene rings is 1. The Kier molecular flexibility index (Phi) is 5.92. The molecule has 1 aromatic carbocycles. The van der Waals surface area contributed by atoms with Crippen LogP contribution >= 0.6 is 0 Å². The van der Waals surface area contributed by atoms with Crippen molar-refractivity contribution in [3.63, 3.8) is 0 Å². The molecule has 3 heterocycles. The number of ketones is 1. The van der Waals surface area contributed by atoms with Gasteiger partial charge in [0.2, 0.25) is 0 Å². The molecule has 9 nitrogen and oxygen atoms in total. The first-order chi connectivity index (χ1) is 15.9. The number of Topliss-reactive ketones (excluding diaryl/α,β-unsaturated/α-hetero) is 1. The van der Waals surface area contributed by atoms with E-state index in [0.717, 1.165) is 32.4 Å². The van der Waals surface area contributed by atoms with Gasteiger partial charge in [-0.3, -0.25) is 24.6 Å². The second kappa shape index (κ2) is 8.87. The van der Waals surface area contributed by atoms with Crippen molar-refractivity contribution < 1.29 is 24.0 Å². The zero-order valence-corrected chi connectivity index (χ0v) is 18.8. The third-order valence-electron chi connectivity index (χ3n) is 7.36. The van der Waals surface area contributed by atoms with Crippen LogP contribution in [-0.4, -0.2) is 71.9 Å². The average molecular weight is 456 g/mol. The molecule has 1 saturated heterocycles. The van der Waals surface area contributed by atoms with Crippen molar-refractivity contribution in [1.29, 1.82) is 0 Å². The number of nitro benzene ring substituents is 1. The van der Waals surface area contributed by atoms with E-state index >= 15 is 0 Å². The van der Waals surface area contributed by atoms with Crippen LogP contribution in [-0.2, 0) is 19.1 Å². The Hall–Kier alpha value is -2.78. The minimum Gasteiger partial charge on any atom is -0.483 e. The number of carbonyl (C=O) groups excluding carboxylic acids is 2. The zero-order valence-electron chi connectivity index (χ0n) is 18.8. The number of morpholine rings is 1. The van der Waals surface area contributed by atoms with Gasteiger partial charge in [0.1, 0.15) is 6.10 Å². The third-order valence-corrected chi connectivity index (χ3v) is 7.36. The van der Waals surface area contributed by atoms with E-state index in [2.05, 4.69) is 11.8 Å². The van der Waals surface area contributed by atoms with E-state index < -0.39 is 11.0 Å². The Morgan fingerprint density at radius 2 is 1.94 bits per heavy atom. The third kappa shape index (κ3) is 4.04. The van der Waals surface area contributed by atoms with E-state index in [1.807, 2.05) is 0 Å². The van der Waals surface area contributed by atoms with Crippen LogP contribution in [0.5, 0.6) is 0 Å². The van der Waals surface area contributed by atoms with Gasteiger partial charge in [-0.2, -0.15) is 0 Å². The first-order valence-corrected chi connectivity index (χ1v) is 11.7. The largest absolute Gasteiger partial charge is 0.483 e. The molecule has 176 valence electrons. The van der Waals surface area contributed by atoms with Gasteiger partial charge in [0.15, 0.2) is 11.5 Å². The van der Waals surface area contributed by atoms with Crippen molar-refractivity contribution in [1.82, 2.24) is 9.80 Å². The summed E-state index contributed by atoms with van der Waals surface area (Å²) in [6.45, 7) is 6.06. The van der Waals surface area contributed by atoms with Crippen LogP contribution in [0.2, 0.25) is 0 Å². The molecule has 5 rings (SSSR count). The number of carbonyl (C=O) groups is 2. The molecule has 0 radical (unpaired) electrons. The van der Waals surface area contributed by atoms with Crippen LogP contribution in [0.4, 0.5) is 5.69 Å². The van der Waals surface area contributed by atoms with Gasteiger partial charge in [0.25, 0.3) is 11.6 Å². The fourth-order valence-corrected chi connectivity index (χ4v) is 5.58. The lowest BCUT2D eigenvalue weighted by Crippen LogP contribution is -2.43. The van der Waals surface area contributed by atoms with E-state index in [1.54, 1.807) is 17.0 Å². The number of fused-ring (bicyclic) bond motifs is 1. The highest BCUT2D eigenvalue weighted by Crippen LogP contribution is 2.47. The van der Waals surface area contributed by atoms with Gasteiger partial charge in [-0.05, 0) is 30.7 Å². The molecule has 3 aliphatic heterocycles. The molecule has 0 spiro atoms. The van der Waals surface area contributed by atoms with Gasteiger partial charge in [0.05, 0.1) is 35.7 Å². The molecule has 4 unspecified atom stereocenters. The summed E-state index contributed by atoms with van der Waals surface area (Å²) in [5.41, 5.74) is 0.886. The van der Waals surface area contributed by atoms with Crippen LogP contribution < -0.4 is 0 Å². The lowest BCUT2D eigenvalue weighted by atomic mass is 9.74. The summed E-state index contributed by atoms with van der Waals surface area (Å²) in [5.74, 6) is -0.0200. The van der Waals surface area contributed by atoms with Crippen molar-refractivity contribution in [2.75, 3.05) is 39.4 Å². The normalized spacial score (nSPS) is 30.2. The van der Waals surface area contributed by atoms with Crippen LogP contribution in [0, 0.1) is 22.0 Å². The van der Waals surface area contributed by atoms with Gasteiger partial charge in [0, 0.05) is 38.3 Å². The van der Waals surface area contributed by atoms with E-state index in [4.69, 9.17) is 9.47 Å². The maximum absolute atomic E-state index is 13.7. The van der Waals surface area contributed by atoms with E-state index in [1.165, 1.54) is 12.1 Å². The number of hydrogen-bond acceptors (Lipinski definition) is 7. The van der Waals surface area contributed by atoms with E-state index in [9.17, 15) is 19.7 Å². The molecular formula is C24H29N3O6. The first kappa shape index (κ1) is 22.0. The Balaban J connectivity index is 1.50. The molecule has 9 heteroatoms. The average Bonchev–Trinajstić information content (AvgIpc) is 3.11. The van der Waals surface area contributed by atoms with Crippen LogP contribution in [0.3, 0.4) is 0 Å². The zero-order chi connectivity index (χ0) is 23.1. The molecular weight excluding hydrogens is 426 g/mol. The summed E-state index contributed by atoms with van der Waals surface area (Å²) in [4.78, 5) is 42.1. The monoisotopic (exact) mass is 455 g/mol. The smallest absolute Gasteiger partial charge is 0.290 e. The highest BCUT2D eigenvalue weighted by molar-refractivity contribution is 6.11. The molecule has 2 fully saturated rings. The van der Waals surface area contributed by atoms with Crippen molar-refractivity contribution in [2.24, 2.45) is 11.8 Å². The van der Waals surface area contributed by atoms with Crippen molar-refractivity contribution >= 4 is 17.4 Å². The van der Waals surface area contributed by atoms with Gasteiger partial charge in [-0.25, -0.2) is 0 Å². The number of nitrogens with zero attached hydrogens (tertiary/aromatic N) is 3. The number of non-ortho nitro benzene ring substituents is 1. The SMILES string of the molecule is CC1CCC2OC3=C(C(=O)C2C1)C(c1cccc([N+](=O)[O-])c1)N(CCN1CCOCC1)C3=O. The quantitative estimate of drug-likeness (QED) is 0.496. The topological polar surface area (TPSA) is 102 Å². The first-order valence-electron chi connectivity index (χ1n) is 11.7. The second-order valence-corrected chi connectivity index (χ2v) is 9.50. The van der Waals surface area contributed by atoms with Gasteiger partial charge >= 0.3 is 0 Å². The molecule has 1 amide bonds. The number of nitro groups is 1. The molecule has 0 bridgehead atoms. The van der Waals surface area contributed by atoms with Crippen LogP contribution in [0.15, 0.2) is 35.6 Å². The molecule has 4 atom stereocenters. The second-order valence-electron chi connectivity index (χ2n) is 9.50. The summed E-state index contributed by atoms with van der Waals surface area (Å²) in [6, 6.07) is 5.59. The van der Waals surface area contributed by atoms with Crippen molar-refractivity contribution in [3.8, 4) is 0 Å². The highest BCUT2D eigenvalue weighted by atomic mass is 16.6. The maximum Gasteiger partial charge on any atom is 0.290 e. The summed E-state index contributed by atoms with van der Waals surface area (Å²) in [5, 5.41) is 11.4. The minimum absolute atomic E-state index is 0.0356. The van der Waals surface area contributed by atoms with Crippen molar-refractivity contribution in [2.45, 2.75) is 38.3 Å². The number of amides is 1. The predicted octanol–water partition coefficient (Wildman–Crippen LogP) is 2.47. The van der Waals surface area contributed by atoms with Crippen LogP contribution in [0.25, 0.3) is 0 Å². The lowest BCUT2D eigenvalue weighted by Gasteiger charge is -2.37. The van der Waals surface area contributed by atoms with Gasteiger partial charge < -0.3 is 14.4 Å². The molecule has 1 aliphatic carbocycles. The Bertz CT molecular complexity index is 1000. The maximum atomic E-state index is 13.7. The fraction of sp³-hybridized carbons (Fsp3) is 0.583. The number of hydrogen-bond donors (Lipinski definition) is 0. The van der Waals surface area contributed by atoms with Gasteiger partial charge in [-0.1, -0.05) is 19.1 Å². The molecule has 4 aliphatic rings. The molecule has 0 aromatic heterocycles. The summed E-state index contributed by atoms with van der Waals surface area (Å²) in [7, 11) is 0. The Labute approximate surface area is 192 Å². The summed E-state index contributed by atoms with van der Waals surface area (Å²) < 4.78 is 11.6. The standard InChI is InChI=1S/C24H29N3O6/c1-15-5-6-19-18(13-15)22(28)20-21(16-3-2-4-17(14-16)27(30)31)26(24(29)23(20)33-19)8-7-25-9-11-32-12-10-25/h2-4,14-15,18-19,21H,5-13H2,1H3. The Morgan fingerprint density at radius 3 is 2.70 bits per heavy atom. The Morgan fingerprint density at radius 1 is 1.15 bits per heavy atom. The fourth-order valence-electron chi connectivity index (χ4n) is 5.58. The lowest BCUT2D eigenvalue weighted by molar-refractivity contribution is -0.384. The van der Waals surface area contributed by atoms with Gasteiger partial charge in [-0.15, -0.1) is 0 Å². The predicted molar refractivity (Wildman–Crippen MR) is 118 cm³/mol.